The number of nitrogens with one attached hydrogen (secondary N) is 2. The minimum atomic E-state index is -0.651. The number of aliphatic imine (C=N–C) groups is 2. The number of fused-ring (bicyclic) bond motifs is 3. The molecule has 2 heterocycles. The number of para-hydroxylation sites is 1. The van der Waals surface area contributed by atoms with E-state index in [0.29, 0.717) is 29.0 Å². The Morgan fingerprint density at radius 1 is 1.03 bits per heavy atom. The van der Waals surface area contributed by atoms with Gasteiger partial charge in [0, 0.05) is 23.7 Å². The highest BCUT2D eigenvalue weighted by Gasteiger charge is 2.41. The fourth-order valence-electron chi connectivity index (χ4n) is 5.18. The minimum Gasteiger partial charge on any atom is -0.353 e. The molecule has 1 atom stereocenters. The van der Waals surface area contributed by atoms with Gasteiger partial charge in [-0.15, -0.1) is 0 Å². The fourth-order valence-corrected chi connectivity index (χ4v) is 5.98. The minimum absolute atomic E-state index is 0.0264. The maximum Gasteiger partial charge on any atom is 0.259 e. The van der Waals surface area contributed by atoms with Gasteiger partial charge < -0.3 is 10.6 Å². The van der Waals surface area contributed by atoms with Crippen LogP contribution < -0.4 is 10.6 Å². The van der Waals surface area contributed by atoms with E-state index in [4.69, 9.17) is 9.98 Å². The summed E-state index contributed by atoms with van der Waals surface area (Å²) in [6, 6.07) is 15.0. The quantitative estimate of drug-likeness (QED) is 0.465. The number of rotatable bonds is 8. The summed E-state index contributed by atoms with van der Waals surface area (Å²) < 4.78 is 0. The van der Waals surface area contributed by atoms with Crippen molar-refractivity contribution in [1.29, 1.82) is 0 Å². The number of hydrogen-bond donors (Lipinski definition) is 2. The zero-order valence-electron chi connectivity index (χ0n) is 22.5. The molecule has 0 spiro atoms. The van der Waals surface area contributed by atoms with Gasteiger partial charge in [-0.25, -0.2) is 9.89 Å². The Morgan fingerprint density at radius 2 is 1.77 bits per heavy atom. The molecule has 0 saturated heterocycles. The summed E-state index contributed by atoms with van der Waals surface area (Å²) in [5.74, 6) is 0.637. The second-order valence-electron chi connectivity index (χ2n) is 10.6. The Kier molecular flexibility index (Phi) is 8.45. The molecule has 1 fully saturated rings. The predicted octanol–water partition coefficient (Wildman–Crippen LogP) is 5.37. The summed E-state index contributed by atoms with van der Waals surface area (Å²) in [5, 5.41) is 6.47. The van der Waals surface area contributed by atoms with Crippen LogP contribution in [0.3, 0.4) is 0 Å². The smallest absolute Gasteiger partial charge is 0.259 e. The van der Waals surface area contributed by atoms with Crippen LogP contribution in [-0.4, -0.2) is 51.5 Å². The van der Waals surface area contributed by atoms with Crippen molar-refractivity contribution in [2.75, 3.05) is 11.1 Å². The first-order valence-corrected chi connectivity index (χ1v) is 14.8. The van der Waals surface area contributed by atoms with E-state index in [9.17, 15) is 14.4 Å². The Hall–Kier alpha value is -3.46. The molecule has 0 unspecified atom stereocenters. The van der Waals surface area contributed by atoms with Gasteiger partial charge in [0.1, 0.15) is 11.9 Å². The van der Waals surface area contributed by atoms with Crippen molar-refractivity contribution < 1.29 is 14.4 Å². The second-order valence-corrected chi connectivity index (χ2v) is 11.6. The first-order chi connectivity index (χ1) is 18.9. The number of nitrogens with zero attached hydrogens (tertiary/aromatic N) is 3. The molecular weight excluding hydrogens is 510 g/mol. The van der Waals surface area contributed by atoms with Crippen molar-refractivity contribution in [2.45, 2.75) is 76.8 Å². The molecular formula is C30H35N5O3S. The molecule has 2 N–H and O–H groups in total. The van der Waals surface area contributed by atoms with Crippen LogP contribution >= 0.6 is 11.8 Å². The van der Waals surface area contributed by atoms with Gasteiger partial charge in [-0.05, 0) is 55.0 Å². The number of thioether (sulfide) groups is 1. The summed E-state index contributed by atoms with van der Waals surface area (Å²) in [5.41, 5.74) is 3.42. The van der Waals surface area contributed by atoms with Gasteiger partial charge in [-0.3, -0.25) is 19.4 Å². The number of hydrogen-bond acceptors (Lipinski definition) is 6. The molecule has 0 radical (unpaired) electrons. The number of benzene rings is 2. The normalized spacial score (nSPS) is 18.8. The SMILES string of the molecule is CC(C)c1ccc(NC(=O)CSC2=Nc3ccccc3C3=N[C@@H](CCC(=O)NC4CCCCC4)C(=O)N23)cc1. The third-order valence-electron chi connectivity index (χ3n) is 7.36. The molecule has 2 aromatic rings. The van der Waals surface area contributed by atoms with E-state index in [2.05, 4.69) is 24.5 Å². The molecule has 2 aliphatic heterocycles. The largest absolute Gasteiger partial charge is 0.353 e. The van der Waals surface area contributed by atoms with E-state index in [-0.39, 0.29) is 35.9 Å². The number of amidine groups is 2. The fraction of sp³-hybridized carbons (Fsp3) is 0.433. The monoisotopic (exact) mass is 545 g/mol. The Labute approximate surface area is 233 Å². The van der Waals surface area contributed by atoms with Crippen molar-refractivity contribution in [3.63, 3.8) is 0 Å². The Bertz CT molecular complexity index is 1300. The lowest BCUT2D eigenvalue weighted by Crippen LogP contribution is -2.42. The van der Waals surface area contributed by atoms with E-state index in [1.54, 1.807) is 0 Å². The van der Waals surface area contributed by atoms with E-state index >= 15 is 0 Å². The highest BCUT2D eigenvalue weighted by Crippen LogP contribution is 2.34. The lowest BCUT2D eigenvalue weighted by molar-refractivity contribution is -0.125. The highest BCUT2D eigenvalue weighted by atomic mass is 32.2. The summed E-state index contributed by atoms with van der Waals surface area (Å²) in [7, 11) is 0. The maximum atomic E-state index is 13.5. The van der Waals surface area contributed by atoms with E-state index in [0.717, 1.165) is 36.9 Å². The molecule has 3 amide bonds. The average molecular weight is 546 g/mol. The number of carbonyl (C=O) groups is 3. The van der Waals surface area contributed by atoms with Crippen LogP contribution in [0.2, 0.25) is 0 Å². The van der Waals surface area contributed by atoms with E-state index in [1.807, 2.05) is 48.5 Å². The molecule has 204 valence electrons. The van der Waals surface area contributed by atoms with Crippen LogP contribution in [0.4, 0.5) is 11.4 Å². The van der Waals surface area contributed by atoms with Crippen LogP contribution in [0.25, 0.3) is 0 Å². The molecule has 9 heteroatoms. The van der Waals surface area contributed by atoms with Crippen LogP contribution in [0.5, 0.6) is 0 Å². The average Bonchev–Trinajstić information content (AvgIpc) is 3.28. The first kappa shape index (κ1) is 27.1. The molecule has 1 saturated carbocycles. The second kappa shape index (κ2) is 12.2. The first-order valence-electron chi connectivity index (χ1n) is 13.8. The lowest BCUT2D eigenvalue weighted by atomic mass is 9.95. The predicted molar refractivity (Wildman–Crippen MR) is 157 cm³/mol. The van der Waals surface area contributed by atoms with Crippen LogP contribution in [-0.2, 0) is 14.4 Å². The Balaban J connectivity index is 1.23. The third kappa shape index (κ3) is 6.41. The van der Waals surface area contributed by atoms with Crippen LogP contribution in [0.15, 0.2) is 58.5 Å². The van der Waals surface area contributed by atoms with Crippen molar-refractivity contribution in [3.8, 4) is 0 Å². The molecule has 2 aromatic carbocycles. The van der Waals surface area contributed by atoms with Gasteiger partial charge in [0.2, 0.25) is 11.8 Å². The number of anilines is 1. The zero-order valence-corrected chi connectivity index (χ0v) is 23.3. The Morgan fingerprint density at radius 3 is 2.51 bits per heavy atom. The standard InChI is InChI=1S/C30H35N5O3S/c1-19(2)20-12-14-22(15-13-20)32-27(37)18-39-30-34-24-11-7-6-10-23(24)28-33-25(29(38)35(28)30)16-17-26(36)31-21-8-4-3-5-9-21/h6-7,10-15,19,21,25H,3-5,8-9,16-18H2,1-2H3,(H,31,36)(H,32,37)/t25-/m0/s1. The van der Waals surface area contributed by atoms with Crippen LogP contribution in [0.1, 0.15) is 75.8 Å². The van der Waals surface area contributed by atoms with Crippen LogP contribution in [0, 0.1) is 0 Å². The molecule has 0 bridgehead atoms. The third-order valence-corrected chi connectivity index (χ3v) is 8.29. The summed E-state index contributed by atoms with van der Waals surface area (Å²) in [6.07, 6.45) is 6.16. The zero-order chi connectivity index (χ0) is 27.4. The molecule has 3 aliphatic rings. The summed E-state index contributed by atoms with van der Waals surface area (Å²) >= 11 is 1.21. The maximum absolute atomic E-state index is 13.5. The van der Waals surface area contributed by atoms with Gasteiger partial charge in [0.25, 0.3) is 5.91 Å². The van der Waals surface area contributed by atoms with Crippen molar-refractivity contribution >= 4 is 51.9 Å². The van der Waals surface area contributed by atoms with Gasteiger partial charge in [-0.1, -0.05) is 69.1 Å². The van der Waals surface area contributed by atoms with Crippen molar-refractivity contribution in [3.05, 3.63) is 59.7 Å². The topological polar surface area (TPSA) is 103 Å². The van der Waals surface area contributed by atoms with Gasteiger partial charge in [0.05, 0.1) is 11.4 Å². The molecule has 39 heavy (non-hydrogen) atoms. The molecule has 1 aliphatic carbocycles. The molecule has 0 aromatic heterocycles. The van der Waals surface area contributed by atoms with Gasteiger partial charge in [0.15, 0.2) is 5.17 Å². The summed E-state index contributed by atoms with van der Waals surface area (Å²) in [6.45, 7) is 4.25. The van der Waals surface area contributed by atoms with Crippen molar-refractivity contribution in [2.24, 2.45) is 9.98 Å². The van der Waals surface area contributed by atoms with E-state index in [1.165, 1.54) is 28.6 Å². The molecule has 8 nitrogen and oxygen atoms in total. The molecule has 5 rings (SSSR count). The highest BCUT2D eigenvalue weighted by molar-refractivity contribution is 8.14. The van der Waals surface area contributed by atoms with E-state index < -0.39 is 6.04 Å². The van der Waals surface area contributed by atoms with Gasteiger partial charge in [-0.2, -0.15) is 0 Å². The number of amides is 3. The number of carbonyl (C=O) groups excluding carboxylic acids is 3. The lowest BCUT2D eigenvalue weighted by Gasteiger charge is -2.25. The summed E-state index contributed by atoms with van der Waals surface area (Å²) in [4.78, 5) is 49.7. The van der Waals surface area contributed by atoms with Crippen molar-refractivity contribution in [1.82, 2.24) is 10.2 Å². The van der Waals surface area contributed by atoms with Gasteiger partial charge >= 0.3 is 0 Å².